The first-order valence-corrected chi connectivity index (χ1v) is 6.95. The minimum absolute atomic E-state index is 0.302. The molecule has 0 saturated carbocycles. The summed E-state index contributed by atoms with van der Waals surface area (Å²) in [4.78, 5) is 16.2. The number of aromatic amines is 1. The van der Waals surface area contributed by atoms with Gasteiger partial charge in [-0.25, -0.2) is 13.6 Å². The standard InChI is InChI=1S/C14H13F2N7O/c15-12(16)8-23-7-9(5-19-23)20-14(24)21-11-6-18-22-13(11)10-3-1-2-4-17-10/h1-7,12H,8H2,(H,18,22)(H2,20,21,24). The number of pyridine rings is 1. The highest BCUT2D eigenvalue weighted by Gasteiger charge is 2.13. The van der Waals surface area contributed by atoms with Gasteiger partial charge in [0.1, 0.15) is 12.2 Å². The molecule has 0 saturated heterocycles. The lowest BCUT2D eigenvalue weighted by molar-refractivity contribution is 0.122. The van der Waals surface area contributed by atoms with Crippen molar-refractivity contribution in [3.05, 3.63) is 43.0 Å². The number of carbonyl (C=O) groups is 1. The van der Waals surface area contributed by atoms with Crippen molar-refractivity contribution in [2.75, 3.05) is 10.6 Å². The number of carbonyl (C=O) groups excluding carboxylic acids is 1. The van der Waals surface area contributed by atoms with Crippen molar-refractivity contribution in [1.29, 1.82) is 0 Å². The lowest BCUT2D eigenvalue weighted by Crippen LogP contribution is -2.19. The van der Waals surface area contributed by atoms with Crippen LogP contribution in [0.3, 0.4) is 0 Å². The van der Waals surface area contributed by atoms with Gasteiger partial charge in [0.25, 0.3) is 6.43 Å². The van der Waals surface area contributed by atoms with E-state index in [1.807, 2.05) is 6.07 Å². The van der Waals surface area contributed by atoms with E-state index in [0.717, 1.165) is 4.68 Å². The first kappa shape index (κ1) is 15.6. The van der Waals surface area contributed by atoms with Crippen LogP contribution in [0, 0.1) is 0 Å². The van der Waals surface area contributed by atoms with Crippen LogP contribution in [0.5, 0.6) is 0 Å². The number of alkyl halides is 2. The molecule has 10 heteroatoms. The predicted molar refractivity (Wildman–Crippen MR) is 82.7 cm³/mol. The van der Waals surface area contributed by atoms with Gasteiger partial charge in [-0.15, -0.1) is 0 Å². The van der Waals surface area contributed by atoms with Crippen molar-refractivity contribution in [2.45, 2.75) is 13.0 Å². The average molecular weight is 333 g/mol. The van der Waals surface area contributed by atoms with E-state index in [-0.39, 0.29) is 0 Å². The van der Waals surface area contributed by atoms with Gasteiger partial charge in [0.2, 0.25) is 0 Å². The zero-order chi connectivity index (χ0) is 16.9. The molecule has 0 bridgehead atoms. The summed E-state index contributed by atoms with van der Waals surface area (Å²) in [5.74, 6) is 0. The molecule has 0 spiro atoms. The molecule has 3 rings (SSSR count). The number of nitrogens with zero attached hydrogens (tertiary/aromatic N) is 4. The second-order valence-electron chi connectivity index (χ2n) is 4.79. The number of hydrogen-bond donors (Lipinski definition) is 3. The molecule has 8 nitrogen and oxygen atoms in total. The van der Waals surface area contributed by atoms with Crippen LogP contribution in [0.4, 0.5) is 25.0 Å². The number of halogens is 2. The quantitative estimate of drug-likeness (QED) is 0.668. The molecule has 3 aromatic heterocycles. The fourth-order valence-corrected chi connectivity index (χ4v) is 2.04. The summed E-state index contributed by atoms with van der Waals surface area (Å²) in [6.45, 7) is -0.533. The van der Waals surface area contributed by atoms with Gasteiger partial charge in [-0.2, -0.15) is 10.2 Å². The van der Waals surface area contributed by atoms with E-state index in [2.05, 4.69) is 30.9 Å². The van der Waals surface area contributed by atoms with E-state index < -0.39 is 19.0 Å². The Balaban J connectivity index is 1.66. The van der Waals surface area contributed by atoms with Crippen LogP contribution >= 0.6 is 0 Å². The Bertz CT molecular complexity index is 815. The molecule has 3 heterocycles. The van der Waals surface area contributed by atoms with E-state index in [9.17, 15) is 13.6 Å². The number of hydrogen-bond acceptors (Lipinski definition) is 4. The highest BCUT2D eigenvalue weighted by atomic mass is 19.3. The zero-order valence-electron chi connectivity index (χ0n) is 12.3. The van der Waals surface area contributed by atoms with Crippen molar-refractivity contribution in [2.24, 2.45) is 0 Å². The summed E-state index contributed by atoms with van der Waals surface area (Å²) in [6, 6.07) is 4.80. The third-order valence-corrected chi connectivity index (χ3v) is 3.02. The Morgan fingerprint density at radius 2 is 2.17 bits per heavy atom. The first-order valence-electron chi connectivity index (χ1n) is 6.95. The summed E-state index contributed by atoms with van der Waals surface area (Å²) >= 11 is 0. The fraction of sp³-hybridized carbons (Fsp3) is 0.143. The molecule has 0 aliphatic carbocycles. The van der Waals surface area contributed by atoms with Crippen LogP contribution in [0.25, 0.3) is 11.4 Å². The number of anilines is 2. The molecule has 0 aromatic carbocycles. The second kappa shape index (κ2) is 6.86. The van der Waals surface area contributed by atoms with Crippen molar-refractivity contribution in [3.63, 3.8) is 0 Å². The largest absolute Gasteiger partial charge is 0.323 e. The Kier molecular flexibility index (Phi) is 4.45. The van der Waals surface area contributed by atoms with Gasteiger partial charge in [0.15, 0.2) is 0 Å². The summed E-state index contributed by atoms with van der Waals surface area (Å²) in [5, 5.41) is 15.5. The molecular weight excluding hydrogens is 320 g/mol. The third kappa shape index (κ3) is 3.72. The van der Waals surface area contributed by atoms with Crippen molar-refractivity contribution in [1.82, 2.24) is 25.0 Å². The Morgan fingerprint density at radius 1 is 1.29 bits per heavy atom. The molecule has 0 unspecified atom stereocenters. The van der Waals surface area contributed by atoms with Crippen molar-refractivity contribution >= 4 is 17.4 Å². The molecule has 0 fully saturated rings. The van der Waals surface area contributed by atoms with Crippen LogP contribution in [0.1, 0.15) is 0 Å². The highest BCUT2D eigenvalue weighted by molar-refractivity contribution is 6.01. The van der Waals surface area contributed by atoms with Crippen molar-refractivity contribution < 1.29 is 13.6 Å². The minimum atomic E-state index is -2.52. The minimum Gasteiger partial charge on any atom is -0.305 e. The number of rotatable bonds is 5. The van der Waals surface area contributed by atoms with E-state index in [0.29, 0.717) is 22.8 Å². The second-order valence-corrected chi connectivity index (χ2v) is 4.79. The molecule has 24 heavy (non-hydrogen) atoms. The normalized spacial score (nSPS) is 10.8. The van der Waals surface area contributed by atoms with Crippen LogP contribution < -0.4 is 10.6 Å². The van der Waals surface area contributed by atoms with E-state index in [1.54, 1.807) is 18.3 Å². The summed E-state index contributed by atoms with van der Waals surface area (Å²) in [6.07, 6.45) is 3.16. The van der Waals surface area contributed by atoms with Gasteiger partial charge in [-0.1, -0.05) is 6.07 Å². The topological polar surface area (TPSA) is 101 Å². The van der Waals surface area contributed by atoms with E-state index >= 15 is 0 Å². The molecule has 0 radical (unpaired) electrons. The molecular formula is C14H13F2N7O. The van der Waals surface area contributed by atoms with E-state index in [1.165, 1.54) is 18.6 Å². The van der Waals surface area contributed by atoms with Gasteiger partial charge < -0.3 is 10.6 Å². The van der Waals surface area contributed by atoms with E-state index in [4.69, 9.17) is 0 Å². The Labute approximate surface area is 134 Å². The molecule has 0 aliphatic rings. The smallest absolute Gasteiger partial charge is 0.305 e. The maximum Gasteiger partial charge on any atom is 0.323 e. The lowest BCUT2D eigenvalue weighted by atomic mass is 10.2. The molecule has 124 valence electrons. The van der Waals surface area contributed by atoms with Gasteiger partial charge in [-0.3, -0.25) is 14.8 Å². The first-order chi connectivity index (χ1) is 11.6. The van der Waals surface area contributed by atoms with Gasteiger partial charge in [-0.05, 0) is 12.1 Å². The maximum atomic E-state index is 12.3. The Hall–Kier alpha value is -3.30. The Morgan fingerprint density at radius 3 is 2.92 bits per heavy atom. The summed E-state index contributed by atoms with van der Waals surface area (Å²) in [7, 11) is 0. The number of urea groups is 1. The molecule has 3 N–H and O–H groups in total. The molecule has 3 aromatic rings. The third-order valence-electron chi connectivity index (χ3n) is 3.02. The summed E-state index contributed by atoms with van der Waals surface area (Å²) in [5.41, 5.74) is 1.91. The average Bonchev–Trinajstić information content (AvgIpc) is 3.17. The van der Waals surface area contributed by atoms with Crippen molar-refractivity contribution in [3.8, 4) is 11.4 Å². The zero-order valence-corrected chi connectivity index (χ0v) is 12.3. The monoisotopic (exact) mass is 333 g/mol. The number of H-pyrrole nitrogens is 1. The number of amides is 2. The predicted octanol–water partition coefficient (Wildman–Crippen LogP) is 2.58. The number of aromatic nitrogens is 5. The molecule has 0 atom stereocenters. The van der Waals surface area contributed by atoms with Gasteiger partial charge >= 0.3 is 6.03 Å². The SMILES string of the molecule is O=C(Nc1cnn(CC(F)F)c1)Nc1cn[nH]c1-c1ccccn1. The summed E-state index contributed by atoms with van der Waals surface area (Å²) < 4.78 is 25.6. The van der Waals surface area contributed by atoms with Crippen LogP contribution in [0.2, 0.25) is 0 Å². The van der Waals surface area contributed by atoms with Crippen LogP contribution in [-0.2, 0) is 6.54 Å². The maximum absolute atomic E-state index is 12.3. The highest BCUT2D eigenvalue weighted by Crippen LogP contribution is 2.23. The van der Waals surface area contributed by atoms with Gasteiger partial charge in [0.05, 0.1) is 29.5 Å². The van der Waals surface area contributed by atoms with Crippen LogP contribution in [-0.4, -0.2) is 37.4 Å². The molecule has 0 aliphatic heterocycles. The van der Waals surface area contributed by atoms with Gasteiger partial charge in [0, 0.05) is 12.4 Å². The number of nitrogens with one attached hydrogen (secondary N) is 3. The molecule has 2 amide bonds. The van der Waals surface area contributed by atoms with Crippen LogP contribution in [0.15, 0.2) is 43.0 Å². The lowest BCUT2D eigenvalue weighted by Gasteiger charge is -2.06. The fourth-order valence-electron chi connectivity index (χ4n) is 2.04.